The summed E-state index contributed by atoms with van der Waals surface area (Å²) in [5, 5.41) is 15.0. The van der Waals surface area contributed by atoms with Gasteiger partial charge in [0.1, 0.15) is 5.75 Å². The summed E-state index contributed by atoms with van der Waals surface area (Å²) in [6, 6.07) is 18.0. The van der Waals surface area contributed by atoms with Crippen LogP contribution in [0, 0.1) is 0 Å². The zero-order valence-corrected chi connectivity index (χ0v) is 14.9. The minimum atomic E-state index is 0. The van der Waals surface area contributed by atoms with E-state index in [1.807, 2.05) is 54.6 Å². The Labute approximate surface area is 153 Å². The molecule has 0 aliphatic heterocycles. The highest BCUT2D eigenvalue weighted by Crippen LogP contribution is 2.21. The van der Waals surface area contributed by atoms with Crippen LogP contribution >= 0.6 is 12.4 Å². The van der Waals surface area contributed by atoms with Crippen molar-refractivity contribution in [2.75, 3.05) is 6.54 Å². The number of nitrogens with zero attached hydrogens (tertiary/aromatic N) is 4. The van der Waals surface area contributed by atoms with Crippen LogP contribution in [0.1, 0.15) is 25.3 Å². The van der Waals surface area contributed by atoms with Crippen LogP contribution in [-0.4, -0.2) is 26.8 Å². The molecule has 6 nitrogen and oxygen atoms in total. The third kappa shape index (κ3) is 5.27. The molecule has 0 aliphatic carbocycles. The number of halogens is 1. The zero-order chi connectivity index (χ0) is 16.6. The molecule has 0 saturated heterocycles. The van der Waals surface area contributed by atoms with Crippen LogP contribution in [0.5, 0.6) is 11.8 Å². The van der Waals surface area contributed by atoms with Gasteiger partial charge in [-0.25, -0.2) is 0 Å². The number of hydrogen-bond donors (Lipinski definition) is 1. The van der Waals surface area contributed by atoms with Crippen molar-refractivity contribution in [2.45, 2.75) is 26.3 Å². The number of ether oxygens (including phenoxy) is 1. The van der Waals surface area contributed by atoms with Gasteiger partial charge in [0.15, 0.2) is 0 Å². The summed E-state index contributed by atoms with van der Waals surface area (Å²) in [5.41, 5.74) is 2.08. The van der Waals surface area contributed by atoms with Crippen LogP contribution in [-0.2, 0) is 6.54 Å². The standard InChI is InChI=1S/C18H21N5O.ClH/c1-2-3-13-19-14-15-9-11-17(12-10-15)24-18-20-21-22-23(18)16-7-5-4-6-8-16;/h4-12,19H,2-3,13-14H2,1H3;1H. The van der Waals surface area contributed by atoms with Crippen molar-refractivity contribution in [2.24, 2.45) is 0 Å². The lowest BCUT2D eigenvalue weighted by Crippen LogP contribution is -2.14. The van der Waals surface area contributed by atoms with Crippen molar-refractivity contribution in [1.29, 1.82) is 0 Å². The molecule has 132 valence electrons. The molecule has 0 aliphatic rings. The Morgan fingerprint density at radius 2 is 1.80 bits per heavy atom. The van der Waals surface area contributed by atoms with Crippen LogP contribution in [0.2, 0.25) is 0 Å². The summed E-state index contributed by atoms with van der Waals surface area (Å²) in [7, 11) is 0. The fourth-order valence-electron chi connectivity index (χ4n) is 2.29. The summed E-state index contributed by atoms with van der Waals surface area (Å²) < 4.78 is 7.38. The Morgan fingerprint density at radius 1 is 1.04 bits per heavy atom. The minimum Gasteiger partial charge on any atom is -0.423 e. The van der Waals surface area contributed by atoms with E-state index in [1.54, 1.807) is 4.68 Å². The van der Waals surface area contributed by atoms with Crippen molar-refractivity contribution in [3.63, 3.8) is 0 Å². The molecule has 1 heterocycles. The largest absolute Gasteiger partial charge is 0.423 e. The quantitative estimate of drug-likeness (QED) is 0.620. The molecular weight excluding hydrogens is 338 g/mol. The fraction of sp³-hybridized carbons (Fsp3) is 0.278. The smallest absolute Gasteiger partial charge is 0.345 e. The summed E-state index contributed by atoms with van der Waals surface area (Å²) in [5.74, 6) is 0.708. The van der Waals surface area contributed by atoms with Crippen LogP contribution in [0.25, 0.3) is 5.69 Å². The van der Waals surface area contributed by atoms with Crippen LogP contribution in [0.15, 0.2) is 54.6 Å². The molecule has 0 radical (unpaired) electrons. The number of benzene rings is 2. The maximum Gasteiger partial charge on any atom is 0.345 e. The Kier molecular flexibility index (Phi) is 7.37. The number of tetrazole rings is 1. The molecule has 0 atom stereocenters. The number of para-hydroxylation sites is 1. The molecule has 25 heavy (non-hydrogen) atoms. The van der Waals surface area contributed by atoms with Gasteiger partial charge >= 0.3 is 6.01 Å². The predicted octanol–water partition coefficient (Wildman–Crippen LogP) is 3.77. The van der Waals surface area contributed by atoms with E-state index in [4.69, 9.17) is 4.74 Å². The van der Waals surface area contributed by atoms with Gasteiger partial charge in [-0.15, -0.1) is 12.4 Å². The van der Waals surface area contributed by atoms with E-state index >= 15 is 0 Å². The molecule has 0 saturated carbocycles. The van der Waals surface area contributed by atoms with Gasteiger partial charge in [-0.1, -0.05) is 48.8 Å². The predicted molar refractivity (Wildman–Crippen MR) is 99.5 cm³/mol. The number of aromatic nitrogens is 4. The van der Waals surface area contributed by atoms with Crippen LogP contribution in [0.3, 0.4) is 0 Å². The first kappa shape index (κ1) is 18.9. The molecule has 0 bridgehead atoms. The van der Waals surface area contributed by atoms with Gasteiger partial charge in [0.2, 0.25) is 0 Å². The molecule has 2 aromatic carbocycles. The van der Waals surface area contributed by atoms with Gasteiger partial charge in [-0.3, -0.25) is 0 Å². The SMILES string of the molecule is CCCCNCc1ccc(Oc2nnnn2-c2ccccc2)cc1.Cl. The molecule has 0 amide bonds. The molecule has 3 rings (SSSR count). The summed E-state index contributed by atoms with van der Waals surface area (Å²) >= 11 is 0. The monoisotopic (exact) mass is 359 g/mol. The van der Waals surface area contributed by atoms with Crippen LogP contribution in [0.4, 0.5) is 0 Å². The molecule has 3 aromatic rings. The molecule has 7 heteroatoms. The third-order valence-corrected chi connectivity index (χ3v) is 3.61. The number of nitrogens with one attached hydrogen (secondary N) is 1. The third-order valence-electron chi connectivity index (χ3n) is 3.61. The lowest BCUT2D eigenvalue weighted by molar-refractivity contribution is 0.427. The first-order valence-electron chi connectivity index (χ1n) is 8.18. The van der Waals surface area contributed by atoms with Crippen molar-refractivity contribution in [1.82, 2.24) is 25.5 Å². The van der Waals surface area contributed by atoms with E-state index in [0.717, 1.165) is 18.8 Å². The average molecular weight is 360 g/mol. The highest BCUT2D eigenvalue weighted by molar-refractivity contribution is 5.85. The van der Waals surface area contributed by atoms with E-state index in [2.05, 4.69) is 27.8 Å². The Hall–Kier alpha value is -2.44. The zero-order valence-electron chi connectivity index (χ0n) is 14.1. The first-order valence-corrected chi connectivity index (χ1v) is 8.18. The second-order valence-electron chi connectivity index (χ2n) is 5.49. The number of hydrogen-bond acceptors (Lipinski definition) is 5. The minimum absolute atomic E-state index is 0. The highest BCUT2D eigenvalue weighted by Gasteiger charge is 2.10. The Balaban J connectivity index is 0.00000225. The fourth-order valence-corrected chi connectivity index (χ4v) is 2.29. The van der Waals surface area contributed by atoms with Gasteiger partial charge in [-0.05, 0) is 53.2 Å². The van der Waals surface area contributed by atoms with Gasteiger partial charge in [0.05, 0.1) is 5.69 Å². The molecular formula is C18H22ClN5O. The van der Waals surface area contributed by atoms with E-state index in [9.17, 15) is 0 Å². The summed E-state index contributed by atoms with van der Waals surface area (Å²) in [4.78, 5) is 0. The van der Waals surface area contributed by atoms with Gasteiger partial charge in [0.25, 0.3) is 0 Å². The van der Waals surface area contributed by atoms with E-state index < -0.39 is 0 Å². The Bertz CT molecular complexity index is 746. The molecule has 1 N–H and O–H groups in total. The average Bonchev–Trinajstić information content (AvgIpc) is 3.09. The van der Waals surface area contributed by atoms with Gasteiger partial charge in [-0.2, -0.15) is 4.68 Å². The number of rotatable bonds is 8. The molecule has 0 unspecified atom stereocenters. The van der Waals surface area contributed by atoms with Crippen molar-refractivity contribution < 1.29 is 4.74 Å². The molecule has 1 aromatic heterocycles. The van der Waals surface area contributed by atoms with Gasteiger partial charge < -0.3 is 10.1 Å². The van der Waals surface area contributed by atoms with Gasteiger partial charge in [0, 0.05) is 6.54 Å². The molecule has 0 spiro atoms. The maximum absolute atomic E-state index is 5.81. The highest BCUT2D eigenvalue weighted by atomic mass is 35.5. The normalized spacial score (nSPS) is 10.3. The Morgan fingerprint density at radius 3 is 2.52 bits per heavy atom. The topological polar surface area (TPSA) is 64.9 Å². The van der Waals surface area contributed by atoms with Crippen molar-refractivity contribution >= 4 is 12.4 Å². The lowest BCUT2D eigenvalue weighted by Gasteiger charge is -2.07. The first-order chi connectivity index (χ1) is 11.9. The van der Waals surface area contributed by atoms with E-state index in [1.165, 1.54) is 18.4 Å². The maximum atomic E-state index is 5.81. The summed E-state index contributed by atoms with van der Waals surface area (Å²) in [6.07, 6.45) is 2.40. The van der Waals surface area contributed by atoms with Crippen LogP contribution < -0.4 is 10.1 Å². The second-order valence-corrected chi connectivity index (χ2v) is 5.49. The number of unbranched alkanes of at least 4 members (excludes halogenated alkanes) is 1. The van der Waals surface area contributed by atoms with Crippen molar-refractivity contribution in [3.8, 4) is 17.4 Å². The lowest BCUT2D eigenvalue weighted by atomic mass is 10.2. The van der Waals surface area contributed by atoms with E-state index in [-0.39, 0.29) is 12.4 Å². The molecule has 0 fully saturated rings. The van der Waals surface area contributed by atoms with Crippen molar-refractivity contribution in [3.05, 3.63) is 60.2 Å². The summed E-state index contributed by atoms with van der Waals surface area (Å²) in [6.45, 7) is 4.10. The van der Waals surface area contributed by atoms with E-state index in [0.29, 0.717) is 11.8 Å². The second kappa shape index (κ2) is 9.76.